The summed E-state index contributed by atoms with van der Waals surface area (Å²) in [7, 11) is 0. The third kappa shape index (κ3) is 2.23. The van der Waals surface area contributed by atoms with E-state index in [9.17, 15) is 4.79 Å². The average Bonchev–Trinajstić information content (AvgIpc) is 2.37. The predicted octanol–water partition coefficient (Wildman–Crippen LogP) is 0.172. The van der Waals surface area contributed by atoms with E-state index >= 15 is 0 Å². The van der Waals surface area contributed by atoms with Gasteiger partial charge in [-0.3, -0.25) is 10.2 Å². The van der Waals surface area contributed by atoms with Crippen molar-refractivity contribution in [3.8, 4) is 0 Å². The van der Waals surface area contributed by atoms with Gasteiger partial charge in [-0.05, 0) is 0 Å². The van der Waals surface area contributed by atoms with Crippen molar-refractivity contribution in [3.05, 3.63) is 12.7 Å². The van der Waals surface area contributed by atoms with Crippen molar-refractivity contribution in [1.29, 1.82) is 0 Å². The van der Waals surface area contributed by atoms with Gasteiger partial charge in [0.15, 0.2) is 0 Å². The maximum atomic E-state index is 10.8. The van der Waals surface area contributed by atoms with E-state index in [4.69, 9.17) is 4.74 Å². The second kappa shape index (κ2) is 3.98. The van der Waals surface area contributed by atoms with E-state index in [1.165, 1.54) is 0 Å². The van der Waals surface area contributed by atoms with Gasteiger partial charge in [-0.2, -0.15) is 0 Å². The van der Waals surface area contributed by atoms with Crippen molar-refractivity contribution < 1.29 is 9.53 Å². The molecular weight excluding hydrogens is 144 g/mol. The lowest BCUT2D eigenvalue weighted by Crippen LogP contribution is -2.34. The first-order valence-electron chi connectivity index (χ1n) is 3.58. The molecule has 4 nitrogen and oxygen atoms in total. The summed E-state index contributed by atoms with van der Waals surface area (Å²) in [5.41, 5.74) is 0. The Morgan fingerprint density at radius 3 is 3.18 bits per heavy atom. The molecule has 1 aliphatic heterocycles. The molecule has 0 aromatic rings. The van der Waals surface area contributed by atoms with E-state index in [1.54, 1.807) is 11.0 Å². The Hall–Kier alpha value is -1.03. The second-order valence-corrected chi connectivity index (χ2v) is 2.28. The third-order valence-corrected chi connectivity index (χ3v) is 1.44. The summed E-state index contributed by atoms with van der Waals surface area (Å²) >= 11 is 0. The lowest BCUT2D eigenvalue weighted by molar-refractivity contribution is 0.157. The van der Waals surface area contributed by atoms with E-state index in [2.05, 4.69) is 11.9 Å². The normalized spacial score (nSPS) is 16.7. The number of cyclic esters (lactones) is 1. The quantitative estimate of drug-likeness (QED) is 0.466. The van der Waals surface area contributed by atoms with Gasteiger partial charge in [-0.25, -0.2) is 4.79 Å². The van der Waals surface area contributed by atoms with Gasteiger partial charge in [-0.15, -0.1) is 6.58 Å². The van der Waals surface area contributed by atoms with Crippen LogP contribution in [0.25, 0.3) is 0 Å². The van der Waals surface area contributed by atoms with Crippen LogP contribution in [0.2, 0.25) is 0 Å². The first-order chi connectivity index (χ1) is 5.34. The van der Waals surface area contributed by atoms with Gasteiger partial charge < -0.3 is 4.74 Å². The highest BCUT2D eigenvalue weighted by Crippen LogP contribution is 1.99. The van der Waals surface area contributed by atoms with Crippen LogP contribution in [0, 0.1) is 0 Å². The SMILES string of the molecule is C=CCNCN1CCOC1=O. The Morgan fingerprint density at radius 2 is 2.64 bits per heavy atom. The maximum Gasteiger partial charge on any atom is 0.410 e. The first kappa shape index (κ1) is 8.07. The highest BCUT2D eigenvalue weighted by molar-refractivity contribution is 5.69. The molecule has 1 heterocycles. The Morgan fingerprint density at radius 1 is 1.82 bits per heavy atom. The highest BCUT2D eigenvalue weighted by atomic mass is 16.6. The summed E-state index contributed by atoms with van der Waals surface area (Å²) in [6, 6.07) is 0. The molecule has 0 bridgehead atoms. The van der Waals surface area contributed by atoms with Crippen LogP contribution in [0.1, 0.15) is 0 Å². The predicted molar refractivity (Wildman–Crippen MR) is 41.1 cm³/mol. The minimum atomic E-state index is -0.235. The van der Waals surface area contributed by atoms with Gasteiger partial charge in [0.2, 0.25) is 0 Å². The maximum absolute atomic E-state index is 10.8. The molecule has 0 spiro atoms. The standard InChI is InChI=1S/C7H12N2O2/c1-2-3-8-6-9-4-5-11-7(9)10/h2,8H,1,3-6H2. The van der Waals surface area contributed by atoms with Crippen molar-refractivity contribution in [2.45, 2.75) is 0 Å². The molecule has 0 atom stereocenters. The van der Waals surface area contributed by atoms with Crippen LogP contribution in [0.15, 0.2) is 12.7 Å². The zero-order valence-corrected chi connectivity index (χ0v) is 6.38. The molecule has 11 heavy (non-hydrogen) atoms. The lowest BCUT2D eigenvalue weighted by atomic mass is 10.6. The van der Waals surface area contributed by atoms with Crippen molar-refractivity contribution in [2.24, 2.45) is 0 Å². The van der Waals surface area contributed by atoms with Crippen LogP contribution in [0.4, 0.5) is 4.79 Å². The molecule has 0 unspecified atom stereocenters. The van der Waals surface area contributed by atoms with Crippen LogP contribution in [0.3, 0.4) is 0 Å². The Balaban J connectivity index is 2.15. The molecule has 1 saturated heterocycles. The van der Waals surface area contributed by atoms with E-state index in [-0.39, 0.29) is 6.09 Å². The number of nitrogens with zero attached hydrogens (tertiary/aromatic N) is 1. The fourth-order valence-electron chi connectivity index (χ4n) is 0.871. The van der Waals surface area contributed by atoms with Gasteiger partial charge in [0.1, 0.15) is 6.61 Å². The molecule has 0 aromatic carbocycles. The fourth-order valence-corrected chi connectivity index (χ4v) is 0.871. The van der Waals surface area contributed by atoms with E-state index in [0.29, 0.717) is 26.4 Å². The zero-order chi connectivity index (χ0) is 8.10. The third-order valence-electron chi connectivity index (χ3n) is 1.44. The van der Waals surface area contributed by atoms with Crippen molar-refractivity contribution in [3.63, 3.8) is 0 Å². The largest absolute Gasteiger partial charge is 0.447 e. The van der Waals surface area contributed by atoms with Gasteiger partial charge in [0.05, 0.1) is 13.2 Å². The van der Waals surface area contributed by atoms with E-state index < -0.39 is 0 Å². The van der Waals surface area contributed by atoms with Crippen LogP contribution < -0.4 is 5.32 Å². The van der Waals surface area contributed by atoms with E-state index in [0.717, 1.165) is 0 Å². The van der Waals surface area contributed by atoms with Gasteiger partial charge in [-0.1, -0.05) is 6.08 Å². The summed E-state index contributed by atoms with van der Waals surface area (Å²) in [5, 5.41) is 3.01. The molecule has 4 heteroatoms. The second-order valence-electron chi connectivity index (χ2n) is 2.28. The molecule has 1 amide bonds. The zero-order valence-electron chi connectivity index (χ0n) is 6.38. The highest BCUT2D eigenvalue weighted by Gasteiger charge is 2.20. The molecule has 1 aliphatic rings. The molecule has 1 fully saturated rings. The van der Waals surface area contributed by atoms with Crippen LogP contribution in [-0.2, 0) is 4.74 Å². The smallest absolute Gasteiger partial charge is 0.410 e. The molecular formula is C7H12N2O2. The van der Waals surface area contributed by atoms with Crippen LogP contribution >= 0.6 is 0 Å². The molecule has 1 rings (SSSR count). The summed E-state index contributed by atoms with van der Waals surface area (Å²) in [5.74, 6) is 0. The number of carbonyl (C=O) groups is 1. The number of nitrogens with one attached hydrogen (secondary N) is 1. The van der Waals surface area contributed by atoms with Crippen LogP contribution in [0.5, 0.6) is 0 Å². The first-order valence-corrected chi connectivity index (χ1v) is 3.58. The number of hydrogen-bond acceptors (Lipinski definition) is 3. The van der Waals surface area contributed by atoms with Gasteiger partial charge in [0, 0.05) is 6.54 Å². The topological polar surface area (TPSA) is 41.6 Å². The number of rotatable bonds is 4. The van der Waals surface area contributed by atoms with Crippen molar-refractivity contribution >= 4 is 6.09 Å². The average molecular weight is 156 g/mol. The molecule has 0 aromatic heterocycles. The van der Waals surface area contributed by atoms with Crippen LogP contribution in [-0.4, -0.2) is 37.4 Å². The minimum Gasteiger partial charge on any atom is -0.447 e. The fraction of sp³-hybridized carbons (Fsp3) is 0.571. The Labute approximate surface area is 65.8 Å². The number of carbonyl (C=O) groups excluding carboxylic acids is 1. The van der Waals surface area contributed by atoms with Gasteiger partial charge in [0.25, 0.3) is 0 Å². The summed E-state index contributed by atoms with van der Waals surface area (Å²) in [6.07, 6.45) is 1.52. The molecule has 62 valence electrons. The van der Waals surface area contributed by atoms with E-state index in [1.807, 2.05) is 0 Å². The summed E-state index contributed by atoms with van der Waals surface area (Å²) in [4.78, 5) is 12.4. The van der Waals surface area contributed by atoms with Gasteiger partial charge >= 0.3 is 6.09 Å². The number of ether oxygens (including phenoxy) is 1. The monoisotopic (exact) mass is 156 g/mol. The Bertz CT molecular complexity index is 159. The lowest BCUT2D eigenvalue weighted by Gasteiger charge is -2.11. The minimum absolute atomic E-state index is 0.235. The Kier molecular flexibility index (Phi) is 2.92. The molecule has 1 N–H and O–H groups in total. The number of amides is 1. The molecule has 0 radical (unpaired) electrons. The molecule has 0 saturated carbocycles. The van der Waals surface area contributed by atoms with Crippen molar-refractivity contribution in [1.82, 2.24) is 10.2 Å². The van der Waals surface area contributed by atoms with Crippen molar-refractivity contribution in [2.75, 3.05) is 26.4 Å². The summed E-state index contributed by atoms with van der Waals surface area (Å²) in [6.45, 7) is 6.00. The number of hydrogen-bond donors (Lipinski definition) is 1. The summed E-state index contributed by atoms with van der Waals surface area (Å²) < 4.78 is 4.72. The molecule has 0 aliphatic carbocycles.